The van der Waals surface area contributed by atoms with E-state index in [0.29, 0.717) is 6.04 Å². The smallest absolute Gasteiger partial charge is 0.167 e. The molecule has 174 valence electrons. The Morgan fingerprint density at radius 1 is 1.15 bits per heavy atom. The van der Waals surface area contributed by atoms with Gasteiger partial charge in [-0.05, 0) is 44.9 Å². The third-order valence-corrected chi connectivity index (χ3v) is 7.63. The fraction of sp³-hybridized carbons (Fsp3) is 0.522. The highest BCUT2D eigenvalue weighted by atomic mass is 35.5. The van der Waals surface area contributed by atoms with Gasteiger partial charge >= 0.3 is 0 Å². The zero-order chi connectivity index (χ0) is 22.6. The lowest BCUT2D eigenvalue weighted by Gasteiger charge is -2.24. The van der Waals surface area contributed by atoms with E-state index in [0.717, 1.165) is 39.0 Å². The zero-order valence-corrected chi connectivity index (χ0v) is 20.1. The summed E-state index contributed by atoms with van der Waals surface area (Å²) >= 11 is 7.60. The predicted molar refractivity (Wildman–Crippen MR) is 127 cm³/mol. The summed E-state index contributed by atoms with van der Waals surface area (Å²) in [5.74, 6) is 0.0751. The van der Waals surface area contributed by atoms with Gasteiger partial charge in [0.2, 0.25) is 0 Å². The molecule has 1 saturated carbocycles. The molecule has 3 aromatic heterocycles. The SMILES string of the molecule is CC1(C)O[C@@H]2[C@H](O1)[C@@H](C=Cc1ccc(Cl)s1)O[C@H]2n1cnc2c(NC3CCCC3)ncnc21. The lowest BCUT2D eigenvalue weighted by atomic mass is 10.1. The second kappa shape index (κ2) is 8.32. The molecule has 0 radical (unpaired) electrons. The van der Waals surface area contributed by atoms with Crippen LogP contribution in [0.15, 0.2) is 30.9 Å². The van der Waals surface area contributed by atoms with Gasteiger partial charge in [0.1, 0.15) is 24.6 Å². The number of halogens is 1. The first-order valence-corrected chi connectivity index (χ1v) is 12.5. The number of ether oxygens (including phenoxy) is 3. The Morgan fingerprint density at radius 3 is 2.76 bits per heavy atom. The van der Waals surface area contributed by atoms with Crippen LogP contribution >= 0.6 is 22.9 Å². The maximum atomic E-state index is 6.45. The van der Waals surface area contributed by atoms with Gasteiger partial charge in [-0.2, -0.15) is 0 Å². The van der Waals surface area contributed by atoms with Crippen molar-refractivity contribution in [2.24, 2.45) is 0 Å². The van der Waals surface area contributed by atoms with Crippen LogP contribution in [0.4, 0.5) is 5.82 Å². The van der Waals surface area contributed by atoms with E-state index in [4.69, 9.17) is 25.8 Å². The quantitative estimate of drug-likeness (QED) is 0.540. The molecule has 0 aromatic carbocycles. The maximum Gasteiger partial charge on any atom is 0.167 e. The molecule has 0 spiro atoms. The summed E-state index contributed by atoms with van der Waals surface area (Å²) in [5.41, 5.74) is 1.46. The molecule has 4 atom stereocenters. The van der Waals surface area contributed by atoms with Crippen molar-refractivity contribution in [2.45, 2.75) is 75.9 Å². The molecule has 0 bridgehead atoms. The van der Waals surface area contributed by atoms with Gasteiger partial charge in [0, 0.05) is 10.9 Å². The second-order valence-corrected chi connectivity index (χ2v) is 11.0. The van der Waals surface area contributed by atoms with Crippen LogP contribution in [-0.2, 0) is 14.2 Å². The number of imidazole rings is 1. The second-order valence-electron chi connectivity index (χ2n) is 9.23. The first kappa shape index (κ1) is 21.5. The molecule has 3 aliphatic rings. The molecular formula is C23H26ClN5O3S. The molecular weight excluding hydrogens is 462 g/mol. The minimum absolute atomic E-state index is 0.243. The van der Waals surface area contributed by atoms with E-state index in [-0.39, 0.29) is 18.3 Å². The first-order chi connectivity index (χ1) is 16.0. The van der Waals surface area contributed by atoms with Crippen LogP contribution in [-0.4, -0.2) is 49.7 Å². The van der Waals surface area contributed by atoms with Gasteiger partial charge in [0.15, 0.2) is 29.0 Å². The number of hydrogen-bond donors (Lipinski definition) is 1. The normalized spacial score (nSPS) is 29.4. The summed E-state index contributed by atoms with van der Waals surface area (Å²) in [6.07, 6.45) is 11.0. The van der Waals surface area contributed by atoms with Crippen molar-refractivity contribution in [3.05, 3.63) is 40.1 Å². The summed E-state index contributed by atoms with van der Waals surface area (Å²) < 4.78 is 21.7. The van der Waals surface area contributed by atoms with Crippen molar-refractivity contribution < 1.29 is 14.2 Å². The number of anilines is 1. The van der Waals surface area contributed by atoms with Crippen molar-refractivity contribution >= 4 is 46.0 Å². The molecule has 8 nitrogen and oxygen atoms in total. The van der Waals surface area contributed by atoms with E-state index in [1.165, 1.54) is 24.2 Å². The number of aromatic nitrogens is 4. The van der Waals surface area contributed by atoms with Gasteiger partial charge in [-0.25, -0.2) is 15.0 Å². The number of thiophene rings is 1. The van der Waals surface area contributed by atoms with Gasteiger partial charge < -0.3 is 19.5 Å². The summed E-state index contributed by atoms with van der Waals surface area (Å²) in [6, 6.07) is 4.32. The Balaban J connectivity index is 1.31. The van der Waals surface area contributed by atoms with Gasteiger partial charge in [0.25, 0.3) is 0 Å². The van der Waals surface area contributed by atoms with Crippen LogP contribution in [0.3, 0.4) is 0 Å². The monoisotopic (exact) mass is 487 g/mol. The van der Waals surface area contributed by atoms with E-state index >= 15 is 0 Å². The molecule has 0 unspecified atom stereocenters. The molecule has 3 aromatic rings. The Hall–Kier alpha value is -2.04. The van der Waals surface area contributed by atoms with Gasteiger partial charge in [-0.1, -0.05) is 30.5 Å². The van der Waals surface area contributed by atoms with E-state index in [9.17, 15) is 0 Å². The molecule has 33 heavy (non-hydrogen) atoms. The number of fused-ring (bicyclic) bond motifs is 2. The molecule has 0 amide bonds. The molecule has 1 aliphatic carbocycles. The molecule has 5 heterocycles. The largest absolute Gasteiger partial charge is 0.365 e. The fourth-order valence-electron chi connectivity index (χ4n) is 5.00. The highest BCUT2D eigenvalue weighted by Crippen LogP contribution is 2.44. The molecule has 1 N–H and O–H groups in total. The van der Waals surface area contributed by atoms with Crippen LogP contribution in [0.5, 0.6) is 0 Å². The van der Waals surface area contributed by atoms with Crippen LogP contribution in [0.1, 0.15) is 50.6 Å². The van der Waals surface area contributed by atoms with Crippen LogP contribution < -0.4 is 5.32 Å². The third-order valence-electron chi connectivity index (χ3n) is 6.44. The first-order valence-electron chi connectivity index (χ1n) is 11.4. The van der Waals surface area contributed by atoms with Gasteiger partial charge in [0.05, 0.1) is 10.7 Å². The fourth-order valence-corrected chi connectivity index (χ4v) is 5.98. The molecule has 6 rings (SSSR count). The van der Waals surface area contributed by atoms with E-state index in [1.54, 1.807) is 12.7 Å². The minimum atomic E-state index is -0.698. The van der Waals surface area contributed by atoms with E-state index in [1.807, 2.05) is 42.7 Å². The van der Waals surface area contributed by atoms with Crippen molar-refractivity contribution in [1.29, 1.82) is 0 Å². The maximum absolute atomic E-state index is 6.45. The standard InChI is InChI=1S/C23H26ClN5O3S/c1-23(2)31-18-15(9-7-14-8-10-16(24)33-14)30-22(19(18)32-23)29-12-27-17-20(25-11-26-21(17)29)28-13-5-3-4-6-13/h7-13,15,18-19,22H,3-6H2,1-2H3,(H,25,26,28)/t15-,18-,19-,22-/m1/s1. The predicted octanol–water partition coefficient (Wildman–Crippen LogP) is 5.03. The number of rotatable bonds is 5. The van der Waals surface area contributed by atoms with Crippen molar-refractivity contribution in [1.82, 2.24) is 19.5 Å². The van der Waals surface area contributed by atoms with E-state index < -0.39 is 12.0 Å². The van der Waals surface area contributed by atoms with Crippen LogP contribution in [0.2, 0.25) is 4.34 Å². The average Bonchev–Trinajstić information content (AvgIpc) is 3.57. The molecule has 10 heteroatoms. The summed E-state index contributed by atoms with van der Waals surface area (Å²) in [4.78, 5) is 14.7. The highest BCUT2D eigenvalue weighted by molar-refractivity contribution is 7.16. The number of hydrogen-bond acceptors (Lipinski definition) is 8. The average molecular weight is 488 g/mol. The Morgan fingerprint density at radius 2 is 1.97 bits per heavy atom. The third kappa shape index (κ3) is 4.06. The zero-order valence-electron chi connectivity index (χ0n) is 18.5. The Labute approximate surface area is 200 Å². The topological polar surface area (TPSA) is 83.3 Å². The Bertz CT molecular complexity index is 1190. The lowest BCUT2D eigenvalue weighted by Crippen LogP contribution is -2.28. The molecule has 2 saturated heterocycles. The Kier molecular flexibility index (Phi) is 5.42. The van der Waals surface area contributed by atoms with Crippen molar-refractivity contribution in [3.8, 4) is 0 Å². The van der Waals surface area contributed by atoms with Gasteiger partial charge in [-0.3, -0.25) is 4.57 Å². The molecule has 2 aliphatic heterocycles. The van der Waals surface area contributed by atoms with Crippen LogP contribution in [0.25, 0.3) is 17.2 Å². The summed E-state index contributed by atoms with van der Waals surface area (Å²) in [5, 5.41) is 3.55. The number of nitrogens with one attached hydrogen (secondary N) is 1. The van der Waals surface area contributed by atoms with Crippen molar-refractivity contribution in [3.63, 3.8) is 0 Å². The summed E-state index contributed by atoms with van der Waals surface area (Å²) in [7, 11) is 0. The minimum Gasteiger partial charge on any atom is -0.365 e. The van der Waals surface area contributed by atoms with E-state index in [2.05, 4.69) is 20.3 Å². The van der Waals surface area contributed by atoms with Crippen molar-refractivity contribution in [2.75, 3.05) is 5.32 Å². The summed E-state index contributed by atoms with van der Waals surface area (Å²) in [6.45, 7) is 3.86. The van der Waals surface area contributed by atoms with Crippen LogP contribution in [0, 0.1) is 0 Å². The highest BCUT2D eigenvalue weighted by Gasteiger charge is 2.55. The molecule has 3 fully saturated rings. The van der Waals surface area contributed by atoms with Gasteiger partial charge in [-0.15, -0.1) is 11.3 Å². The number of nitrogens with zero attached hydrogens (tertiary/aromatic N) is 4. The lowest BCUT2D eigenvalue weighted by molar-refractivity contribution is -0.191.